The van der Waals surface area contributed by atoms with Gasteiger partial charge in [0.1, 0.15) is 0 Å². The van der Waals surface area contributed by atoms with Crippen molar-refractivity contribution in [3.05, 3.63) is 28.2 Å². The molecule has 0 aliphatic rings. The standard InChI is InChI=1S/C16H27BrN2/c1-6-13(18)10-12-8-9-15(14(17)11-12)19(5)16(3,4)7-2/h8-9,11,13H,6-7,10,18H2,1-5H3. The highest BCUT2D eigenvalue weighted by Crippen LogP contribution is 2.32. The van der Waals surface area contributed by atoms with Gasteiger partial charge in [0.15, 0.2) is 0 Å². The second-order valence-corrected chi connectivity index (χ2v) is 6.74. The smallest absolute Gasteiger partial charge is 0.0512 e. The molecule has 0 heterocycles. The number of nitrogens with two attached hydrogens (primary N) is 1. The molecular formula is C16H27BrN2. The zero-order valence-electron chi connectivity index (χ0n) is 12.8. The van der Waals surface area contributed by atoms with E-state index in [2.05, 4.69) is 73.8 Å². The number of hydrogen-bond donors (Lipinski definition) is 1. The van der Waals surface area contributed by atoms with Crippen LogP contribution in [-0.2, 0) is 6.42 Å². The van der Waals surface area contributed by atoms with E-state index >= 15 is 0 Å². The Hall–Kier alpha value is -0.540. The number of hydrogen-bond acceptors (Lipinski definition) is 2. The van der Waals surface area contributed by atoms with E-state index in [9.17, 15) is 0 Å². The lowest BCUT2D eigenvalue weighted by Crippen LogP contribution is -2.40. The van der Waals surface area contributed by atoms with Crippen LogP contribution in [0.25, 0.3) is 0 Å². The summed E-state index contributed by atoms with van der Waals surface area (Å²) >= 11 is 3.70. The van der Waals surface area contributed by atoms with Gasteiger partial charge in [-0.2, -0.15) is 0 Å². The van der Waals surface area contributed by atoms with Gasteiger partial charge in [-0.1, -0.05) is 19.9 Å². The van der Waals surface area contributed by atoms with Gasteiger partial charge in [-0.05, 0) is 66.7 Å². The van der Waals surface area contributed by atoms with Crippen molar-refractivity contribution in [1.29, 1.82) is 0 Å². The molecule has 3 heteroatoms. The number of anilines is 1. The van der Waals surface area contributed by atoms with E-state index in [-0.39, 0.29) is 11.6 Å². The van der Waals surface area contributed by atoms with E-state index in [0.29, 0.717) is 0 Å². The third kappa shape index (κ3) is 4.22. The Labute approximate surface area is 126 Å². The molecule has 1 rings (SSSR count). The summed E-state index contributed by atoms with van der Waals surface area (Å²) in [5.41, 5.74) is 8.71. The van der Waals surface area contributed by atoms with Crippen molar-refractivity contribution in [3.63, 3.8) is 0 Å². The predicted octanol–water partition coefficient (Wildman–Crippen LogP) is 4.35. The maximum absolute atomic E-state index is 6.02. The van der Waals surface area contributed by atoms with Crippen LogP contribution < -0.4 is 10.6 Å². The van der Waals surface area contributed by atoms with Crippen molar-refractivity contribution in [1.82, 2.24) is 0 Å². The van der Waals surface area contributed by atoms with Gasteiger partial charge in [-0.15, -0.1) is 0 Å². The minimum absolute atomic E-state index is 0.157. The lowest BCUT2D eigenvalue weighted by Gasteiger charge is -2.37. The van der Waals surface area contributed by atoms with Crippen LogP contribution in [0.3, 0.4) is 0 Å². The van der Waals surface area contributed by atoms with E-state index in [0.717, 1.165) is 23.7 Å². The van der Waals surface area contributed by atoms with Crippen molar-refractivity contribution in [2.24, 2.45) is 5.73 Å². The molecule has 2 N–H and O–H groups in total. The highest BCUT2D eigenvalue weighted by molar-refractivity contribution is 9.10. The fourth-order valence-corrected chi connectivity index (χ4v) is 2.65. The van der Waals surface area contributed by atoms with Crippen molar-refractivity contribution in [3.8, 4) is 0 Å². The summed E-state index contributed by atoms with van der Waals surface area (Å²) < 4.78 is 1.15. The highest BCUT2D eigenvalue weighted by atomic mass is 79.9. The number of halogens is 1. The Morgan fingerprint density at radius 1 is 1.32 bits per heavy atom. The van der Waals surface area contributed by atoms with Crippen molar-refractivity contribution >= 4 is 21.6 Å². The molecule has 0 aliphatic carbocycles. The minimum Gasteiger partial charge on any atom is -0.369 e. The Morgan fingerprint density at radius 2 is 1.95 bits per heavy atom. The van der Waals surface area contributed by atoms with Crippen LogP contribution in [-0.4, -0.2) is 18.6 Å². The SMILES string of the molecule is CCC(N)Cc1ccc(N(C)C(C)(C)CC)c(Br)c1. The first-order valence-electron chi connectivity index (χ1n) is 7.09. The van der Waals surface area contributed by atoms with Crippen LogP contribution in [0.4, 0.5) is 5.69 Å². The van der Waals surface area contributed by atoms with Gasteiger partial charge in [0, 0.05) is 23.1 Å². The second-order valence-electron chi connectivity index (χ2n) is 5.88. The Kier molecular flexibility index (Phi) is 5.87. The summed E-state index contributed by atoms with van der Waals surface area (Å²) in [6.45, 7) is 8.88. The first-order valence-corrected chi connectivity index (χ1v) is 7.89. The van der Waals surface area contributed by atoms with Gasteiger partial charge in [0.05, 0.1) is 5.69 Å². The van der Waals surface area contributed by atoms with Crippen LogP contribution in [0.15, 0.2) is 22.7 Å². The van der Waals surface area contributed by atoms with E-state index < -0.39 is 0 Å². The van der Waals surface area contributed by atoms with Crippen LogP contribution in [0.2, 0.25) is 0 Å². The van der Waals surface area contributed by atoms with Gasteiger partial charge >= 0.3 is 0 Å². The molecule has 0 fully saturated rings. The molecule has 19 heavy (non-hydrogen) atoms. The van der Waals surface area contributed by atoms with E-state index in [4.69, 9.17) is 5.73 Å². The summed E-state index contributed by atoms with van der Waals surface area (Å²) in [4.78, 5) is 2.33. The molecule has 1 unspecified atom stereocenters. The van der Waals surface area contributed by atoms with Gasteiger partial charge in [0.25, 0.3) is 0 Å². The summed E-state index contributed by atoms with van der Waals surface area (Å²) in [7, 11) is 2.15. The fourth-order valence-electron chi connectivity index (χ4n) is 1.96. The molecule has 0 spiro atoms. The van der Waals surface area contributed by atoms with Gasteiger partial charge in [-0.3, -0.25) is 0 Å². The van der Waals surface area contributed by atoms with Gasteiger partial charge in [0.2, 0.25) is 0 Å². The molecule has 108 valence electrons. The summed E-state index contributed by atoms with van der Waals surface area (Å²) in [5.74, 6) is 0. The third-order valence-corrected chi connectivity index (χ3v) is 4.80. The summed E-state index contributed by atoms with van der Waals surface area (Å²) in [5, 5.41) is 0. The van der Waals surface area contributed by atoms with Crippen molar-refractivity contribution < 1.29 is 0 Å². The van der Waals surface area contributed by atoms with Crippen LogP contribution >= 0.6 is 15.9 Å². The average molecular weight is 327 g/mol. The molecule has 0 saturated carbocycles. The van der Waals surface area contributed by atoms with Crippen LogP contribution in [0.1, 0.15) is 46.1 Å². The van der Waals surface area contributed by atoms with Crippen molar-refractivity contribution in [2.75, 3.05) is 11.9 Å². The quantitative estimate of drug-likeness (QED) is 0.841. The molecule has 0 aromatic heterocycles. The van der Waals surface area contributed by atoms with Crippen LogP contribution in [0.5, 0.6) is 0 Å². The Morgan fingerprint density at radius 3 is 2.42 bits per heavy atom. The highest BCUT2D eigenvalue weighted by Gasteiger charge is 2.23. The number of nitrogens with zero attached hydrogens (tertiary/aromatic N) is 1. The van der Waals surface area contributed by atoms with Gasteiger partial charge < -0.3 is 10.6 Å². The van der Waals surface area contributed by atoms with Crippen LogP contribution in [0, 0.1) is 0 Å². The molecule has 0 radical (unpaired) electrons. The molecule has 0 amide bonds. The largest absolute Gasteiger partial charge is 0.369 e. The second kappa shape index (κ2) is 6.76. The summed E-state index contributed by atoms with van der Waals surface area (Å²) in [6.07, 6.45) is 3.07. The molecule has 0 bridgehead atoms. The predicted molar refractivity (Wildman–Crippen MR) is 88.9 cm³/mol. The lowest BCUT2D eigenvalue weighted by molar-refractivity contribution is 0.470. The Balaban J connectivity index is 2.94. The average Bonchev–Trinajstić information content (AvgIpc) is 2.38. The van der Waals surface area contributed by atoms with E-state index in [1.54, 1.807) is 0 Å². The maximum atomic E-state index is 6.02. The number of benzene rings is 1. The number of rotatable bonds is 6. The van der Waals surface area contributed by atoms with E-state index in [1.165, 1.54) is 11.3 Å². The third-order valence-electron chi connectivity index (χ3n) is 4.17. The molecule has 0 aliphatic heterocycles. The molecule has 1 aromatic rings. The maximum Gasteiger partial charge on any atom is 0.0512 e. The first kappa shape index (κ1) is 16.5. The molecule has 0 saturated heterocycles. The monoisotopic (exact) mass is 326 g/mol. The Bertz CT molecular complexity index is 415. The lowest BCUT2D eigenvalue weighted by atomic mass is 9.98. The summed E-state index contributed by atoms with van der Waals surface area (Å²) in [6, 6.07) is 6.84. The van der Waals surface area contributed by atoms with Crippen molar-refractivity contribution in [2.45, 2.75) is 58.5 Å². The molecule has 1 aromatic carbocycles. The first-order chi connectivity index (χ1) is 8.81. The minimum atomic E-state index is 0.157. The zero-order valence-corrected chi connectivity index (χ0v) is 14.4. The molecule has 2 nitrogen and oxygen atoms in total. The zero-order chi connectivity index (χ0) is 14.6. The van der Waals surface area contributed by atoms with Gasteiger partial charge in [-0.25, -0.2) is 0 Å². The molecular weight excluding hydrogens is 300 g/mol. The fraction of sp³-hybridized carbons (Fsp3) is 0.625. The van der Waals surface area contributed by atoms with E-state index in [1.807, 2.05) is 0 Å². The molecule has 1 atom stereocenters. The topological polar surface area (TPSA) is 29.3 Å². The normalized spacial score (nSPS) is 13.4.